The van der Waals surface area contributed by atoms with Crippen LogP contribution in [0, 0.1) is 5.92 Å². The van der Waals surface area contributed by atoms with Crippen LogP contribution in [0.15, 0.2) is 24.3 Å². The van der Waals surface area contributed by atoms with E-state index < -0.39 is 166 Å². The molecule has 0 aliphatic carbocycles. The van der Waals surface area contributed by atoms with Gasteiger partial charge in [0.25, 0.3) is 5.79 Å². The molecule has 4 heterocycles. The van der Waals surface area contributed by atoms with Crippen molar-refractivity contribution in [3.63, 3.8) is 0 Å². The standard InChI is InChI=1S/C66H114N2O24/c1-5-7-9-11-13-15-17-19-21-23-25-27-29-43(30-28-26-24-22-20-18-16-14-12-10-8-6-2)61(82)68-44-33-31-42(32-34-44)39-85-62-56(81)60(90-63-54(79)53(78)50(75)40(3)86-63)57(48(38-71)88-62)89-64-55(80)59(52(77)47(37-70)87-64)92-66(65(83)84)35-45(73)49(67-41(4)72)58(91-66)51(76)46(74)36-69/h31-34,40,43,45-60,62-64,69-71,73-81H,5-30,35-39H2,1-4H3,(H,67,72)(H,68,82)(H,83,84)/t40-,45-,46+,47+,48+,49+,50+,51+,52-,53+,54-,55+,56+,57+,58+,59-,60+,62+,63-,64-,66-/m0/s1. The second-order valence-electron chi connectivity index (χ2n) is 25.8. The molecule has 0 saturated carbocycles. The first-order valence-electron chi connectivity index (χ1n) is 34.2. The van der Waals surface area contributed by atoms with Gasteiger partial charge >= 0.3 is 5.97 Å². The van der Waals surface area contributed by atoms with Crippen LogP contribution in [0.5, 0.6) is 0 Å². The van der Waals surface area contributed by atoms with Crippen LogP contribution in [0.3, 0.4) is 0 Å². The van der Waals surface area contributed by atoms with Crippen molar-refractivity contribution in [3.05, 3.63) is 29.8 Å². The summed E-state index contributed by atoms with van der Waals surface area (Å²) in [4.78, 5) is 39.3. The maximum absolute atomic E-state index is 14.0. The second kappa shape index (κ2) is 41.8. The Labute approximate surface area is 542 Å². The summed E-state index contributed by atoms with van der Waals surface area (Å²) in [6, 6.07) is 5.26. The van der Waals surface area contributed by atoms with Crippen molar-refractivity contribution in [2.24, 2.45) is 5.92 Å². The van der Waals surface area contributed by atoms with Gasteiger partial charge in [0.2, 0.25) is 11.8 Å². The molecule has 0 aromatic heterocycles. The molecule has 4 aliphatic rings. The first-order chi connectivity index (χ1) is 44.1. The van der Waals surface area contributed by atoms with Crippen LogP contribution in [0.25, 0.3) is 0 Å². The lowest BCUT2D eigenvalue weighted by Gasteiger charge is -2.51. The fourth-order valence-corrected chi connectivity index (χ4v) is 12.7. The number of aliphatic carboxylic acids is 1. The van der Waals surface area contributed by atoms with E-state index in [2.05, 4.69) is 24.5 Å². The molecular formula is C66H114N2O24. The fourth-order valence-electron chi connectivity index (χ4n) is 12.7. The van der Waals surface area contributed by atoms with Crippen molar-refractivity contribution in [2.75, 3.05) is 25.1 Å². The van der Waals surface area contributed by atoms with Crippen molar-refractivity contribution in [2.45, 2.75) is 336 Å². The molecule has 21 atom stereocenters. The highest BCUT2D eigenvalue weighted by Gasteiger charge is 2.61. The Kier molecular flexibility index (Phi) is 36.1. The van der Waals surface area contributed by atoms with Crippen LogP contribution < -0.4 is 10.6 Å². The lowest BCUT2D eigenvalue weighted by atomic mass is 9.88. The zero-order chi connectivity index (χ0) is 67.3. The molecule has 0 unspecified atom stereocenters. The van der Waals surface area contributed by atoms with Crippen molar-refractivity contribution in [3.8, 4) is 0 Å². The number of rotatable bonds is 44. The Morgan fingerprint density at radius 2 is 1.07 bits per heavy atom. The third-order valence-corrected chi connectivity index (χ3v) is 18.3. The Bertz CT molecular complexity index is 2180. The number of carbonyl (C=O) groups excluding carboxylic acids is 2. The van der Waals surface area contributed by atoms with E-state index >= 15 is 0 Å². The molecule has 92 heavy (non-hydrogen) atoms. The minimum atomic E-state index is -3.14. The zero-order valence-corrected chi connectivity index (χ0v) is 54.7. The number of amides is 2. The highest BCUT2D eigenvalue weighted by atomic mass is 16.8. The minimum absolute atomic E-state index is 0.0386. The third kappa shape index (κ3) is 24.1. The summed E-state index contributed by atoms with van der Waals surface area (Å²) in [6.45, 7) is 3.55. The van der Waals surface area contributed by atoms with Gasteiger partial charge in [-0.15, -0.1) is 0 Å². The van der Waals surface area contributed by atoms with Gasteiger partial charge < -0.3 is 115 Å². The number of carboxylic acids is 1. The average Bonchev–Trinajstić information content (AvgIpc) is 0.766. The smallest absolute Gasteiger partial charge is 0.364 e. The normalized spacial score (nSPS) is 32.5. The van der Waals surface area contributed by atoms with Crippen LogP contribution in [-0.4, -0.2) is 232 Å². The van der Waals surface area contributed by atoms with Crippen LogP contribution in [0.1, 0.15) is 207 Å². The molecule has 1 aromatic rings. The van der Waals surface area contributed by atoms with Crippen molar-refractivity contribution in [1.29, 1.82) is 0 Å². The molecule has 5 rings (SSSR count). The van der Waals surface area contributed by atoms with E-state index in [0.717, 1.165) is 58.3 Å². The van der Waals surface area contributed by atoms with E-state index in [1.165, 1.54) is 122 Å². The van der Waals surface area contributed by atoms with E-state index in [4.69, 9.17) is 37.9 Å². The Balaban J connectivity index is 1.28. The van der Waals surface area contributed by atoms with Gasteiger partial charge in [0.15, 0.2) is 18.9 Å². The number of anilines is 1. The Morgan fingerprint density at radius 1 is 0.587 bits per heavy atom. The van der Waals surface area contributed by atoms with Crippen LogP contribution in [-0.2, 0) is 58.9 Å². The van der Waals surface area contributed by atoms with E-state index in [1.54, 1.807) is 24.3 Å². The monoisotopic (exact) mass is 1320 g/mol. The number of aliphatic hydroxyl groups excluding tert-OH is 12. The molecule has 0 bridgehead atoms. The number of benzene rings is 1. The first-order valence-corrected chi connectivity index (χ1v) is 34.2. The van der Waals surface area contributed by atoms with E-state index in [9.17, 15) is 80.8 Å². The summed E-state index contributed by atoms with van der Waals surface area (Å²) >= 11 is 0. The summed E-state index contributed by atoms with van der Waals surface area (Å²) in [5, 5.41) is 148. The quantitative estimate of drug-likeness (QED) is 0.0415. The number of nitrogens with one attached hydrogen (secondary N) is 2. The van der Waals surface area contributed by atoms with Crippen molar-refractivity contribution >= 4 is 23.5 Å². The number of ether oxygens (including phenoxy) is 8. The van der Waals surface area contributed by atoms with Gasteiger partial charge in [0, 0.05) is 24.9 Å². The maximum atomic E-state index is 14.0. The topological polar surface area (TPSA) is 412 Å². The summed E-state index contributed by atoms with van der Waals surface area (Å²) in [6.07, 6.45) is -6.05. The summed E-state index contributed by atoms with van der Waals surface area (Å²) < 4.78 is 47.5. The van der Waals surface area contributed by atoms with Gasteiger partial charge in [-0.05, 0) is 37.5 Å². The van der Waals surface area contributed by atoms with Gasteiger partial charge in [-0.1, -0.05) is 180 Å². The molecule has 4 fully saturated rings. The summed E-state index contributed by atoms with van der Waals surface area (Å²) in [7, 11) is 0. The zero-order valence-electron chi connectivity index (χ0n) is 54.7. The molecule has 0 radical (unpaired) electrons. The lowest BCUT2D eigenvalue weighted by molar-refractivity contribution is -0.398. The predicted octanol–water partition coefficient (Wildman–Crippen LogP) is 3.59. The summed E-state index contributed by atoms with van der Waals surface area (Å²) in [5.41, 5.74) is 1.12. The van der Waals surface area contributed by atoms with E-state index in [-0.39, 0.29) is 18.4 Å². The number of hydrogen-bond donors (Lipinski definition) is 15. The number of carbonyl (C=O) groups is 3. The number of hydrogen-bond acceptors (Lipinski definition) is 23. The Hall–Kier alpha value is -3.17. The lowest BCUT2D eigenvalue weighted by Crippen LogP contribution is -2.71. The van der Waals surface area contributed by atoms with Gasteiger partial charge in [-0.3, -0.25) is 9.59 Å². The SMILES string of the molecule is CCCCCCCCCCCCCCC(CCCCCCCCCCCCCC)C(=O)Nc1ccc(CO[C@@H]2O[C@H](CO)[C@@H](O[C@@H]3O[C@H](CO)[C@H](O)[C@H](O[C@]4(C(=O)O)C[C@H](O)[C@@H](NC(C)=O)[C@H]([C@H](O)[C@H](O)CO)O4)[C@H]3O)[C@H](O[C@@H]3O[C@@H](C)[C@@H](O)[C@@H](O)[C@@H]3O)[C@H]2O)cc1. The molecular weight excluding hydrogens is 1200 g/mol. The first kappa shape index (κ1) is 79.5. The molecule has 0 spiro atoms. The molecule has 26 heteroatoms. The van der Waals surface area contributed by atoms with Crippen molar-refractivity contribution < 1.29 is 119 Å². The van der Waals surface area contributed by atoms with E-state index in [0.29, 0.717) is 11.3 Å². The van der Waals surface area contributed by atoms with Gasteiger partial charge in [0.05, 0.1) is 44.7 Å². The molecule has 2 amide bonds. The van der Waals surface area contributed by atoms with Gasteiger partial charge in [-0.25, -0.2) is 4.79 Å². The predicted molar refractivity (Wildman–Crippen MR) is 334 cm³/mol. The molecule has 532 valence electrons. The summed E-state index contributed by atoms with van der Waals surface area (Å²) in [5.74, 6) is -6.12. The average molecular weight is 1320 g/mol. The number of unbranched alkanes of at least 4 members (excludes halogenated alkanes) is 22. The van der Waals surface area contributed by atoms with Crippen molar-refractivity contribution in [1.82, 2.24) is 5.32 Å². The molecule has 15 N–H and O–H groups in total. The molecule has 4 saturated heterocycles. The van der Waals surface area contributed by atoms with Gasteiger partial charge in [0.1, 0.15) is 85.5 Å². The van der Waals surface area contributed by atoms with Gasteiger partial charge in [-0.2, -0.15) is 0 Å². The van der Waals surface area contributed by atoms with E-state index in [1.807, 2.05) is 0 Å². The third-order valence-electron chi connectivity index (χ3n) is 18.3. The van der Waals surface area contributed by atoms with Crippen LogP contribution >= 0.6 is 0 Å². The second-order valence-corrected chi connectivity index (χ2v) is 25.8. The number of aliphatic hydroxyl groups is 12. The fraction of sp³-hybridized carbons (Fsp3) is 0.864. The largest absolute Gasteiger partial charge is 0.477 e. The molecule has 4 aliphatic heterocycles. The number of carboxylic acid groups (broad SMARTS) is 1. The maximum Gasteiger partial charge on any atom is 0.364 e. The highest BCUT2D eigenvalue weighted by molar-refractivity contribution is 5.92. The Morgan fingerprint density at radius 3 is 1.55 bits per heavy atom. The van der Waals surface area contributed by atoms with Crippen LogP contribution in [0.4, 0.5) is 5.69 Å². The highest BCUT2D eigenvalue weighted by Crippen LogP contribution is 2.40. The van der Waals surface area contributed by atoms with Crippen LogP contribution in [0.2, 0.25) is 0 Å². The minimum Gasteiger partial charge on any atom is -0.477 e. The molecule has 1 aromatic carbocycles. The molecule has 26 nitrogen and oxygen atoms in total.